The summed E-state index contributed by atoms with van der Waals surface area (Å²) < 4.78 is 80.6. The van der Waals surface area contributed by atoms with E-state index in [-0.39, 0.29) is 75.2 Å². The third-order valence-corrected chi connectivity index (χ3v) is 10.6. The van der Waals surface area contributed by atoms with Gasteiger partial charge in [-0.15, -0.1) is 0 Å². The van der Waals surface area contributed by atoms with Crippen LogP contribution in [0.2, 0.25) is 0 Å². The molecule has 1 saturated carbocycles. The van der Waals surface area contributed by atoms with Gasteiger partial charge in [-0.25, -0.2) is 8.42 Å². The fraction of sp³-hybridized carbons (Fsp3) is 0.472. The molecule has 0 bridgehead atoms. The van der Waals surface area contributed by atoms with Crippen LogP contribution >= 0.6 is 23.2 Å². The lowest BCUT2D eigenvalue weighted by atomic mass is 9.99. The van der Waals surface area contributed by atoms with Gasteiger partial charge in [-0.1, -0.05) is 40.5 Å². The number of amides is 1. The van der Waals surface area contributed by atoms with Crippen LogP contribution in [-0.2, 0) is 24.3 Å². The molecule has 1 amide bonds. The first-order valence-corrected chi connectivity index (χ1v) is 19.9. The Hall–Kier alpha value is -4.16. The highest BCUT2D eigenvalue weighted by molar-refractivity contribution is 7.92. The number of morpholine rings is 1. The molecule has 2 aromatic carbocycles. The number of halogens is 4. The van der Waals surface area contributed by atoms with Gasteiger partial charge >= 0.3 is 12.6 Å². The van der Waals surface area contributed by atoms with Gasteiger partial charge in [0.15, 0.2) is 11.5 Å². The molecule has 19 heteroatoms. The second-order valence-corrected chi connectivity index (χ2v) is 15.3. The van der Waals surface area contributed by atoms with Crippen molar-refractivity contribution in [3.05, 3.63) is 69.2 Å². The highest BCUT2D eigenvalue weighted by Crippen LogP contribution is 2.39. The van der Waals surface area contributed by atoms with Crippen molar-refractivity contribution < 1.29 is 55.7 Å². The molecule has 1 aliphatic carbocycles. The molecule has 1 saturated heterocycles. The molecule has 1 atom stereocenters. The van der Waals surface area contributed by atoms with Gasteiger partial charge in [0.05, 0.1) is 50.1 Å². The second kappa shape index (κ2) is 20.7. The average Bonchev–Trinajstić information content (AvgIpc) is 3.99. The van der Waals surface area contributed by atoms with Gasteiger partial charge in [0, 0.05) is 43.2 Å². The number of anilines is 1. The summed E-state index contributed by atoms with van der Waals surface area (Å²) in [5, 5.41) is 14.6. The van der Waals surface area contributed by atoms with Crippen molar-refractivity contribution in [1.82, 2.24) is 10.2 Å². The Labute approximate surface area is 328 Å². The quantitative estimate of drug-likeness (QED) is 0.0554. The molecule has 55 heavy (non-hydrogen) atoms. The molecule has 4 rings (SSSR count). The van der Waals surface area contributed by atoms with E-state index in [4.69, 9.17) is 47.4 Å². The maximum atomic E-state index is 13.4. The van der Waals surface area contributed by atoms with E-state index in [1.807, 2.05) is 0 Å². The number of hydrogen-bond acceptors (Lipinski definition) is 12. The first-order chi connectivity index (χ1) is 26.2. The molecule has 2 aliphatic rings. The molecule has 1 aliphatic heterocycles. The Morgan fingerprint density at radius 3 is 2.45 bits per heavy atom. The molecule has 0 radical (unpaired) electrons. The summed E-state index contributed by atoms with van der Waals surface area (Å²) in [5.74, 6) is -1.38. The lowest BCUT2D eigenvalue weighted by Crippen LogP contribution is -2.43. The van der Waals surface area contributed by atoms with E-state index in [0.717, 1.165) is 29.6 Å². The third kappa shape index (κ3) is 13.2. The molecular formula is C36H44Cl2F2N4O10S. The molecule has 2 aromatic rings. The van der Waals surface area contributed by atoms with Crippen LogP contribution in [0, 0.1) is 5.92 Å². The second-order valence-electron chi connectivity index (χ2n) is 12.6. The van der Waals surface area contributed by atoms with Crippen molar-refractivity contribution >= 4 is 57.0 Å². The van der Waals surface area contributed by atoms with Crippen molar-refractivity contribution in [2.24, 2.45) is 11.1 Å². The molecule has 1 heterocycles. The highest BCUT2D eigenvalue weighted by atomic mass is 35.5. The summed E-state index contributed by atoms with van der Waals surface area (Å²) >= 11 is 12.8. The van der Waals surface area contributed by atoms with Gasteiger partial charge in [-0.05, 0) is 67.2 Å². The molecule has 0 unspecified atom stereocenters. The first-order valence-electron chi connectivity index (χ1n) is 17.3. The molecule has 0 aromatic heterocycles. The van der Waals surface area contributed by atoms with E-state index < -0.39 is 41.2 Å². The fourth-order valence-corrected chi connectivity index (χ4v) is 6.91. The minimum Gasteiger partial charge on any atom is -0.495 e. The number of methoxy groups -OCH3 is 1. The van der Waals surface area contributed by atoms with E-state index in [9.17, 15) is 26.8 Å². The average molecular weight is 834 g/mol. The Morgan fingerprint density at radius 1 is 1.13 bits per heavy atom. The Bertz CT molecular complexity index is 1860. The minimum absolute atomic E-state index is 0.00637. The number of sulfonamides is 1. The Balaban J connectivity index is 1.57. The van der Waals surface area contributed by atoms with Crippen LogP contribution in [-0.4, -0.2) is 109 Å². The summed E-state index contributed by atoms with van der Waals surface area (Å²) in [6.07, 6.45) is 4.01. The van der Waals surface area contributed by atoms with Gasteiger partial charge in [-0.3, -0.25) is 18.8 Å². The van der Waals surface area contributed by atoms with Crippen molar-refractivity contribution in [3.63, 3.8) is 0 Å². The van der Waals surface area contributed by atoms with Crippen molar-refractivity contribution in [3.8, 4) is 17.2 Å². The number of rotatable bonds is 20. The maximum absolute atomic E-state index is 13.4. The Morgan fingerprint density at radius 2 is 1.84 bits per heavy atom. The number of benzene rings is 2. The molecule has 14 nitrogen and oxygen atoms in total. The molecular weight excluding hydrogens is 789 g/mol. The van der Waals surface area contributed by atoms with Gasteiger partial charge in [0.25, 0.3) is 5.91 Å². The first kappa shape index (κ1) is 43.6. The number of nitrogens with one attached hydrogen (secondary N) is 1. The molecule has 302 valence electrons. The largest absolute Gasteiger partial charge is 0.495 e. The number of nitrogens with zero attached hydrogens (tertiary/aromatic N) is 3. The lowest BCUT2D eigenvalue weighted by molar-refractivity contribution is -0.148. The van der Waals surface area contributed by atoms with E-state index in [1.165, 1.54) is 49.6 Å². The van der Waals surface area contributed by atoms with Gasteiger partial charge in [-0.2, -0.15) is 8.78 Å². The van der Waals surface area contributed by atoms with Crippen LogP contribution < -0.4 is 23.8 Å². The monoisotopic (exact) mass is 832 g/mol. The number of carbonyl (C=O) groups is 2. The summed E-state index contributed by atoms with van der Waals surface area (Å²) in [4.78, 5) is 28.8. The van der Waals surface area contributed by atoms with E-state index in [1.54, 1.807) is 6.92 Å². The van der Waals surface area contributed by atoms with Gasteiger partial charge < -0.3 is 34.2 Å². The third-order valence-electron chi connectivity index (χ3n) is 8.62. The van der Waals surface area contributed by atoms with Crippen molar-refractivity contribution in [1.29, 1.82) is 0 Å². The number of allylic oxidation sites excluding steroid dienone is 3. The minimum atomic E-state index is -3.82. The van der Waals surface area contributed by atoms with Crippen molar-refractivity contribution in [2.75, 3.05) is 70.2 Å². The summed E-state index contributed by atoms with van der Waals surface area (Å²) in [6.45, 7) is 0.977. The number of ether oxygens (including phenoxy) is 5. The highest BCUT2D eigenvalue weighted by Gasteiger charge is 2.28. The van der Waals surface area contributed by atoms with Crippen LogP contribution in [0.15, 0.2) is 63.3 Å². The summed E-state index contributed by atoms with van der Waals surface area (Å²) in [7, 11) is -2.44. The lowest BCUT2D eigenvalue weighted by Gasteiger charge is -2.30. The number of hydrogen-bond donors (Lipinski definition) is 2. The number of carbonyl (C=O) groups excluding carboxylic acids is 2. The topological polar surface area (TPSA) is 166 Å². The summed E-state index contributed by atoms with van der Waals surface area (Å²) in [5.41, 5.74) is 0.672. The number of esters is 1. The molecule has 2 N–H and O–H groups in total. The fourth-order valence-electron chi connectivity index (χ4n) is 5.55. The standard InChI is InChI=1S/C36H44Cl2F2N4O10S/c1-4-27(37)26(28(38)20-42-47)19-32(24-7-10-31(54-36(39)40)33(18-24)52-22-23-5-6-23)53-34(45)21-41-35(46)25-8-9-30(50-2)29(17-25)44(55(3,48)49)12-11-43-13-15-51-16-14-43/h4,7-10,17-18,20,23,32,36,47H,5-6,11-16,19,21-22H2,1-3H3,(H,41,46)/b27-4+,28-26+,42-20+/t32-/m0/s1. The maximum Gasteiger partial charge on any atom is 0.387 e. The predicted molar refractivity (Wildman–Crippen MR) is 202 cm³/mol. The van der Waals surface area contributed by atoms with Crippen LogP contribution in [0.5, 0.6) is 17.2 Å². The van der Waals surface area contributed by atoms with Crippen LogP contribution in [0.25, 0.3) is 0 Å². The normalized spacial score (nSPS) is 16.4. The number of oxime groups is 1. The zero-order valence-electron chi connectivity index (χ0n) is 30.5. The van der Waals surface area contributed by atoms with E-state index >= 15 is 0 Å². The van der Waals surface area contributed by atoms with Crippen LogP contribution in [0.3, 0.4) is 0 Å². The zero-order valence-corrected chi connectivity index (χ0v) is 32.8. The van der Waals surface area contributed by atoms with Crippen molar-refractivity contribution in [2.45, 2.75) is 38.9 Å². The zero-order chi connectivity index (χ0) is 40.1. The SMILES string of the molecule is C\C=C(Cl)/C(C[C@H](OC(=O)CNC(=O)c1ccc(OC)c(N(CCN2CCOCC2)S(C)(=O)=O)c1)c1ccc(OC(F)F)c(OCC2CC2)c1)=C(Cl)\C=N\O. The van der Waals surface area contributed by atoms with Gasteiger partial charge in [0.2, 0.25) is 10.0 Å². The Kier molecular flexibility index (Phi) is 16.4. The van der Waals surface area contributed by atoms with Crippen LogP contribution in [0.1, 0.15) is 48.2 Å². The smallest absolute Gasteiger partial charge is 0.387 e. The molecule has 2 fully saturated rings. The molecule has 0 spiro atoms. The van der Waals surface area contributed by atoms with E-state index in [2.05, 4.69) is 20.1 Å². The predicted octanol–water partition coefficient (Wildman–Crippen LogP) is 5.68. The summed E-state index contributed by atoms with van der Waals surface area (Å²) in [6, 6.07) is 8.28. The van der Waals surface area contributed by atoms with E-state index in [0.29, 0.717) is 32.8 Å². The van der Waals surface area contributed by atoms with Crippen LogP contribution in [0.4, 0.5) is 14.5 Å². The number of alkyl halides is 2. The van der Waals surface area contributed by atoms with Gasteiger partial charge in [0.1, 0.15) is 18.4 Å².